The lowest BCUT2D eigenvalue weighted by Gasteiger charge is -2.09. The van der Waals surface area contributed by atoms with Crippen molar-refractivity contribution in [1.29, 1.82) is 0 Å². The Labute approximate surface area is 271 Å². The van der Waals surface area contributed by atoms with Crippen LogP contribution in [0.25, 0.3) is 93.4 Å². The number of hydrogen-bond donors (Lipinski definition) is 0. The van der Waals surface area contributed by atoms with Crippen molar-refractivity contribution in [1.82, 2.24) is 9.97 Å². The van der Waals surface area contributed by atoms with E-state index in [4.69, 9.17) is 21.0 Å². The molecule has 0 aliphatic carbocycles. The van der Waals surface area contributed by atoms with Crippen LogP contribution in [0.1, 0.15) is 0 Å². The quantitative estimate of drug-likeness (QED) is 0.149. The Morgan fingerprint density at radius 1 is 0.468 bits per heavy atom. The van der Waals surface area contributed by atoms with Crippen LogP contribution in [0.4, 0.5) is 5.69 Å². The van der Waals surface area contributed by atoms with E-state index < -0.39 is 0 Å². The molecule has 4 nitrogen and oxygen atoms in total. The number of pyridine rings is 2. The second-order valence-corrected chi connectivity index (χ2v) is 11.7. The molecule has 3 aromatic heterocycles. The summed E-state index contributed by atoms with van der Waals surface area (Å²) in [7, 11) is 0. The summed E-state index contributed by atoms with van der Waals surface area (Å²) in [6, 6.07) is 51.7. The fraction of sp³-hybridized carbons (Fsp3) is 0. The fourth-order valence-corrected chi connectivity index (χ4v) is 6.52. The van der Waals surface area contributed by atoms with Gasteiger partial charge in [-0.25, -0.2) is 14.8 Å². The molecule has 9 aromatic rings. The number of benzene rings is 6. The first-order chi connectivity index (χ1) is 23.2. The molecule has 4 heteroatoms. The number of fused-ring (bicyclic) bond motifs is 6. The molecule has 0 saturated heterocycles. The van der Waals surface area contributed by atoms with Crippen molar-refractivity contribution < 1.29 is 4.42 Å². The Morgan fingerprint density at radius 3 is 1.85 bits per heavy atom. The van der Waals surface area contributed by atoms with Gasteiger partial charge in [-0.05, 0) is 64.7 Å². The van der Waals surface area contributed by atoms with Crippen molar-refractivity contribution in [2.45, 2.75) is 0 Å². The van der Waals surface area contributed by atoms with Gasteiger partial charge in [0.05, 0.1) is 29.0 Å². The van der Waals surface area contributed by atoms with Gasteiger partial charge in [0.25, 0.3) is 0 Å². The van der Waals surface area contributed by atoms with Crippen molar-refractivity contribution >= 4 is 49.4 Å². The molecule has 9 rings (SSSR count). The second kappa shape index (κ2) is 10.8. The highest BCUT2D eigenvalue weighted by atomic mass is 16.3. The Hall–Kier alpha value is -6.57. The highest BCUT2D eigenvalue weighted by Gasteiger charge is 2.15. The summed E-state index contributed by atoms with van der Waals surface area (Å²) in [5.41, 5.74) is 12.3. The molecule has 0 radical (unpaired) electrons. The normalized spacial score (nSPS) is 11.4. The Balaban J connectivity index is 1.16. The van der Waals surface area contributed by atoms with Crippen molar-refractivity contribution in [3.8, 4) is 44.8 Å². The van der Waals surface area contributed by atoms with Gasteiger partial charge in [0.2, 0.25) is 0 Å². The summed E-state index contributed by atoms with van der Waals surface area (Å²) in [5, 5.41) is 4.24. The molecule has 47 heavy (non-hydrogen) atoms. The topological polar surface area (TPSA) is 43.3 Å². The first kappa shape index (κ1) is 26.8. The SMILES string of the molecule is [C-]#[N+]c1cccc(-c2ccc(-c3cccc4oc5ccc(-c6ccc7ccc8ccc(-c9ccccc9)nc8c7n6)cc5c34)cc2)c1. The minimum absolute atomic E-state index is 0.638. The van der Waals surface area contributed by atoms with Gasteiger partial charge < -0.3 is 4.42 Å². The van der Waals surface area contributed by atoms with Crippen molar-refractivity contribution in [2.24, 2.45) is 0 Å². The average molecular weight is 600 g/mol. The van der Waals surface area contributed by atoms with Gasteiger partial charge in [-0.15, -0.1) is 0 Å². The molecule has 0 fully saturated rings. The number of furan rings is 1. The number of hydrogen-bond acceptors (Lipinski definition) is 3. The highest BCUT2D eigenvalue weighted by molar-refractivity contribution is 6.13. The zero-order chi connectivity index (χ0) is 31.3. The van der Waals surface area contributed by atoms with E-state index in [0.29, 0.717) is 5.69 Å². The lowest BCUT2D eigenvalue weighted by atomic mass is 9.96. The Kier molecular flexibility index (Phi) is 6.16. The molecule has 0 unspecified atom stereocenters. The molecule has 218 valence electrons. The minimum atomic E-state index is 0.638. The highest BCUT2D eigenvalue weighted by Crippen LogP contribution is 2.39. The van der Waals surface area contributed by atoms with Crippen LogP contribution in [-0.2, 0) is 0 Å². The van der Waals surface area contributed by atoms with Crippen LogP contribution in [0.5, 0.6) is 0 Å². The molecule has 0 aliphatic heterocycles. The molecule has 0 bridgehead atoms. The van der Waals surface area contributed by atoms with Gasteiger partial charge in [-0.3, -0.25) is 0 Å². The summed E-state index contributed by atoms with van der Waals surface area (Å²) in [4.78, 5) is 13.9. The van der Waals surface area contributed by atoms with E-state index in [1.165, 1.54) is 0 Å². The number of aromatic nitrogens is 2. The van der Waals surface area contributed by atoms with Gasteiger partial charge in [-0.1, -0.05) is 109 Å². The molecule has 6 aromatic carbocycles. The predicted octanol–water partition coefficient (Wildman–Crippen LogP) is 11.9. The zero-order valence-corrected chi connectivity index (χ0v) is 25.2. The Bertz CT molecular complexity index is 2680. The summed E-state index contributed by atoms with van der Waals surface area (Å²) in [6.07, 6.45) is 0. The molecule has 0 N–H and O–H groups in total. The van der Waals surface area contributed by atoms with Crippen LogP contribution in [0.3, 0.4) is 0 Å². The maximum atomic E-state index is 7.36. The summed E-state index contributed by atoms with van der Waals surface area (Å²) in [6.45, 7) is 7.36. The van der Waals surface area contributed by atoms with E-state index in [1.807, 2.05) is 60.7 Å². The van der Waals surface area contributed by atoms with E-state index >= 15 is 0 Å². The maximum Gasteiger partial charge on any atom is 0.187 e. The van der Waals surface area contributed by atoms with Crippen LogP contribution in [0, 0.1) is 6.57 Å². The number of rotatable bonds is 4. The maximum absolute atomic E-state index is 7.36. The first-order valence-corrected chi connectivity index (χ1v) is 15.5. The Morgan fingerprint density at radius 2 is 1.11 bits per heavy atom. The largest absolute Gasteiger partial charge is 0.456 e. The standard InChI is InChI=1S/C43H25N3O/c1-44-34-10-5-9-32(25-34)27-13-15-28(16-14-27)35-11-6-12-40-41(35)36-26-33(21-24-39(36)47-40)38-23-20-31-18-17-30-19-22-37(29-7-3-2-4-8-29)45-42(30)43(31)46-38/h2-26H. The number of nitrogens with zero attached hydrogens (tertiary/aromatic N) is 3. The van der Waals surface area contributed by atoms with E-state index in [-0.39, 0.29) is 0 Å². The average Bonchev–Trinajstić information content (AvgIpc) is 3.53. The zero-order valence-electron chi connectivity index (χ0n) is 25.2. The molecular weight excluding hydrogens is 574 g/mol. The van der Waals surface area contributed by atoms with Crippen LogP contribution in [-0.4, -0.2) is 9.97 Å². The van der Waals surface area contributed by atoms with Gasteiger partial charge in [-0.2, -0.15) is 0 Å². The molecular formula is C43H25N3O. The lowest BCUT2D eigenvalue weighted by molar-refractivity contribution is 0.669. The molecule has 0 amide bonds. The summed E-state index contributed by atoms with van der Waals surface area (Å²) < 4.78 is 6.35. The molecule has 3 heterocycles. The van der Waals surface area contributed by atoms with Crippen molar-refractivity contribution in [3.63, 3.8) is 0 Å². The van der Waals surface area contributed by atoms with E-state index in [9.17, 15) is 0 Å². The van der Waals surface area contributed by atoms with Crippen molar-refractivity contribution in [2.75, 3.05) is 0 Å². The lowest BCUT2D eigenvalue weighted by Crippen LogP contribution is -1.91. The van der Waals surface area contributed by atoms with Gasteiger partial charge in [0.15, 0.2) is 5.69 Å². The second-order valence-electron chi connectivity index (χ2n) is 11.7. The molecule has 0 aliphatic rings. The molecule has 0 spiro atoms. The first-order valence-electron chi connectivity index (χ1n) is 15.5. The van der Waals surface area contributed by atoms with Gasteiger partial charge in [0, 0.05) is 32.7 Å². The van der Waals surface area contributed by atoms with Crippen LogP contribution >= 0.6 is 0 Å². The third-order valence-electron chi connectivity index (χ3n) is 8.88. The van der Waals surface area contributed by atoms with Crippen LogP contribution < -0.4 is 0 Å². The van der Waals surface area contributed by atoms with E-state index in [0.717, 1.165) is 88.5 Å². The third-order valence-corrected chi connectivity index (χ3v) is 8.88. The fourth-order valence-electron chi connectivity index (χ4n) is 6.52. The van der Waals surface area contributed by atoms with Crippen molar-refractivity contribution in [3.05, 3.63) is 163 Å². The minimum Gasteiger partial charge on any atom is -0.456 e. The molecule has 0 saturated carbocycles. The summed E-state index contributed by atoms with van der Waals surface area (Å²) in [5.74, 6) is 0. The van der Waals surface area contributed by atoms with Gasteiger partial charge in [0.1, 0.15) is 11.2 Å². The third kappa shape index (κ3) is 4.61. The van der Waals surface area contributed by atoms with Crippen LogP contribution in [0.2, 0.25) is 0 Å². The summed E-state index contributed by atoms with van der Waals surface area (Å²) >= 11 is 0. The van der Waals surface area contributed by atoms with Crippen LogP contribution in [0.15, 0.2) is 156 Å². The monoisotopic (exact) mass is 599 g/mol. The van der Waals surface area contributed by atoms with Gasteiger partial charge >= 0.3 is 0 Å². The van der Waals surface area contributed by atoms with E-state index in [1.54, 1.807) is 0 Å². The smallest absolute Gasteiger partial charge is 0.187 e. The van der Waals surface area contributed by atoms with E-state index in [2.05, 4.69) is 95.8 Å². The predicted molar refractivity (Wildman–Crippen MR) is 192 cm³/mol. The molecule has 0 atom stereocenters.